The van der Waals surface area contributed by atoms with Gasteiger partial charge in [-0.25, -0.2) is 10.1 Å². The molecule has 4 aromatic carbocycles. The Bertz CT molecular complexity index is 2820. The third kappa shape index (κ3) is 10.9. The number of phenols is 2. The van der Waals surface area contributed by atoms with E-state index in [4.69, 9.17) is 14.7 Å². The molecule has 322 valence electrons. The molecule has 0 aliphatic heterocycles. The molecule has 0 aliphatic carbocycles. The third-order valence-corrected chi connectivity index (χ3v) is 9.83. The second-order valence-electron chi connectivity index (χ2n) is 11.5. The average Bonchev–Trinajstić information content (AvgIpc) is 3.19. The maximum atomic E-state index is 12.4. The van der Waals surface area contributed by atoms with Crippen LogP contribution in [-0.4, -0.2) is 104 Å². The number of carboxylic acids is 1. The highest BCUT2D eigenvalue weighted by molar-refractivity contribution is 7.94. The summed E-state index contributed by atoms with van der Waals surface area (Å²) in [6, 6.07) is 8.47. The van der Waals surface area contributed by atoms with Crippen LogP contribution in [0.4, 0.5) is 34.1 Å². The van der Waals surface area contributed by atoms with E-state index in [0.717, 1.165) is 42.5 Å². The van der Waals surface area contributed by atoms with E-state index in [1.54, 1.807) is 0 Å². The Hall–Kier alpha value is -6.67. The number of pyridine rings is 1. The lowest BCUT2D eigenvalue weighted by molar-refractivity contribution is -0.432. The van der Waals surface area contributed by atoms with E-state index in [-0.39, 0.29) is 69.5 Å². The lowest BCUT2D eigenvalue weighted by Gasteiger charge is -2.13. The molecular weight excluding hydrogens is 883 g/mol. The predicted octanol–water partition coefficient (Wildman–Crippen LogP) is 5.67. The van der Waals surface area contributed by atoms with Crippen molar-refractivity contribution in [1.82, 2.24) is 4.98 Å². The lowest BCUT2D eigenvalue weighted by Crippen LogP contribution is -2.04. The molecule has 5 aromatic rings. The molecule has 0 bridgehead atoms. The van der Waals surface area contributed by atoms with E-state index >= 15 is 0 Å². The molecular formula is C32H27N7O19S3. The summed E-state index contributed by atoms with van der Waals surface area (Å²) in [6.45, 7) is -1.80. The quantitative estimate of drug-likeness (QED) is 0.0166. The van der Waals surface area contributed by atoms with Crippen LogP contribution >= 0.6 is 12.0 Å². The summed E-state index contributed by atoms with van der Waals surface area (Å²) >= 11 is 0.240. The summed E-state index contributed by atoms with van der Waals surface area (Å²) in [7, 11) is -9.92. The Labute approximate surface area is 344 Å². The first-order valence-corrected chi connectivity index (χ1v) is 19.8. The third-order valence-electron chi connectivity index (χ3n) is 7.49. The van der Waals surface area contributed by atoms with Gasteiger partial charge < -0.3 is 45.2 Å². The van der Waals surface area contributed by atoms with E-state index in [2.05, 4.69) is 45.0 Å². The van der Waals surface area contributed by atoms with Crippen molar-refractivity contribution in [1.29, 1.82) is 0 Å². The van der Waals surface area contributed by atoms with Gasteiger partial charge in [0, 0.05) is 24.3 Å². The molecule has 0 aliphatic rings. The number of hydrogen-bond donors (Lipinski definition) is 10. The number of aromatic nitrogens is 1. The van der Waals surface area contributed by atoms with Gasteiger partial charge in [-0.15, -0.1) is 29.9 Å². The number of nitrogens with zero attached hydrogens (tertiary/aromatic N) is 7. The number of ether oxygens (including phenoxy) is 2. The molecule has 0 saturated carbocycles. The standard InChI is InChI=1S/C32H27N7O19S3/c40-3-5-55-22-13-20(37-39-29-24(59-58-57-48)8-14-7-16(60(49,50)51)10-21(42)27(14)30(29)44)23(56-6-4-41)12-19(22)36-35-18-2-1-15(9-25(18)61(52,53)54)34-38-28-17(32(46)47)11-26(43)33-31(28)45/h1-2,7-13,40-42,44,48H,3-6H2,(H,46,47)(H2,33,43,45)(H,49,50,51)(H,52,53,54)/b36-35+,38-34+,39-37+. The minimum Gasteiger partial charge on any atom is -0.507 e. The fraction of sp³-hybridized carbons (Fsp3) is 0.125. The zero-order chi connectivity index (χ0) is 44.6. The number of fused-ring (bicyclic) bond motifs is 1. The molecule has 0 fully saturated rings. The second-order valence-corrected chi connectivity index (χ2v) is 15.0. The lowest BCUT2D eigenvalue weighted by atomic mass is 10.1. The van der Waals surface area contributed by atoms with Crippen molar-refractivity contribution in [3.05, 3.63) is 60.2 Å². The number of aliphatic hydroxyl groups is 2. The summed E-state index contributed by atoms with van der Waals surface area (Å²) < 4.78 is 83.4. The Morgan fingerprint density at radius 1 is 0.721 bits per heavy atom. The summed E-state index contributed by atoms with van der Waals surface area (Å²) in [5.74, 6) is -5.54. The Morgan fingerprint density at radius 2 is 1.33 bits per heavy atom. The minimum atomic E-state index is -5.10. The molecule has 0 saturated heterocycles. The van der Waals surface area contributed by atoms with Crippen molar-refractivity contribution in [2.75, 3.05) is 26.4 Å². The minimum absolute atomic E-state index is 0.160. The molecule has 10 N–H and O–H groups in total. The Kier molecular flexibility index (Phi) is 14.3. The monoisotopic (exact) mass is 909 g/mol. The van der Waals surface area contributed by atoms with Crippen LogP contribution in [0.5, 0.6) is 34.8 Å². The van der Waals surface area contributed by atoms with Gasteiger partial charge in [-0.2, -0.15) is 26.9 Å². The van der Waals surface area contributed by atoms with Crippen LogP contribution in [0, 0.1) is 0 Å². The number of aliphatic hydroxyl groups excluding tert-OH is 2. The fourth-order valence-electron chi connectivity index (χ4n) is 4.98. The van der Waals surface area contributed by atoms with Crippen LogP contribution in [0.25, 0.3) is 10.8 Å². The number of carboxylic acid groups (broad SMARTS) is 1. The van der Waals surface area contributed by atoms with Crippen molar-refractivity contribution in [3.8, 4) is 34.8 Å². The van der Waals surface area contributed by atoms with Gasteiger partial charge in [0.1, 0.15) is 58.1 Å². The molecule has 26 nitrogen and oxygen atoms in total. The van der Waals surface area contributed by atoms with Crippen LogP contribution < -0.4 is 9.47 Å². The number of benzene rings is 4. The summed E-state index contributed by atoms with van der Waals surface area (Å²) in [5, 5.41) is 105. The SMILES string of the molecule is O=C(O)c1cc(O)nc(O)c1/N=N/c1ccc(/N=N/c2cc(OCCO)c(/N=N/c3c(SOOO)cc4cc(S(=O)(=O)O)cc(O)c4c3O)cc2OCCO)c(S(=O)(=O)O)c1. The van der Waals surface area contributed by atoms with Crippen molar-refractivity contribution in [3.63, 3.8) is 0 Å². The van der Waals surface area contributed by atoms with Gasteiger partial charge in [-0.1, -0.05) is 5.04 Å². The van der Waals surface area contributed by atoms with Crippen LogP contribution in [0.2, 0.25) is 0 Å². The summed E-state index contributed by atoms with van der Waals surface area (Å²) in [4.78, 5) is 13.0. The van der Waals surface area contributed by atoms with Crippen LogP contribution in [0.3, 0.4) is 0 Å². The van der Waals surface area contributed by atoms with Crippen LogP contribution in [0.1, 0.15) is 10.4 Å². The van der Waals surface area contributed by atoms with Gasteiger partial charge in [0.15, 0.2) is 11.4 Å². The van der Waals surface area contributed by atoms with Crippen molar-refractivity contribution < 1.29 is 90.6 Å². The highest BCUT2D eigenvalue weighted by Gasteiger charge is 2.23. The van der Waals surface area contributed by atoms with Crippen LogP contribution in [0.15, 0.2) is 100.0 Å². The predicted molar refractivity (Wildman–Crippen MR) is 203 cm³/mol. The van der Waals surface area contributed by atoms with Gasteiger partial charge in [0.05, 0.1) is 51.7 Å². The van der Waals surface area contributed by atoms with E-state index < -0.39 is 95.1 Å². The second kappa shape index (κ2) is 19.1. The first kappa shape index (κ1) is 45.4. The van der Waals surface area contributed by atoms with Crippen molar-refractivity contribution >= 4 is 83.1 Å². The number of hydrogen-bond acceptors (Lipinski definition) is 24. The first-order chi connectivity index (χ1) is 28.9. The van der Waals surface area contributed by atoms with E-state index in [1.807, 2.05) is 0 Å². The van der Waals surface area contributed by atoms with E-state index in [1.165, 1.54) is 0 Å². The fourth-order valence-corrected chi connectivity index (χ4v) is 6.66. The number of aromatic carboxylic acids is 1. The highest BCUT2D eigenvalue weighted by Crippen LogP contribution is 2.49. The maximum absolute atomic E-state index is 12.4. The molecule has 0 spiro atoms. The van der Waals surface area contributed by atoms with E-state index in [0.29, 0.717) is 12.1 Å². The van der Waals surface area contributed by atoms with Gasteiger partial charge in [-0.05, 0) is 35.7 Å². The normalized spacial score (nSPS) is 12.3. The van der Waals surface area contributed by atoms with Gasteiger partial charge in [0.2, 0.25) is 11.8 Å². The van der Waals surface area contributed by atoms with Gasteiger partial charge >= 0.3 is 5.97 Å². The zero-order valence-corrected chi connectivity index (χ0v) is 32.5. The number of rotatable bonds is 18. The molecule has 1 heterocycles. The molecule has 61 heavy (non-hydrogen) atoms. The van der Waals surface area contributed by atoms with Crippen molar-refractivity contribution in [2.45, 2.75) is 14.7 Å². The topological polar surface area (TPSA) is 412 Å². The number of azo groups is 3. The first-order valence-electron chi connectivity index (χ1n) is 16.2. The molecule has 0 unspecified atom stereocenters. The molecule has 0 radical (unpaired) electrons. The molecule has 0 amide bonds. The average molecular weight is 910 g/mol. The van der Waals surface area contributed by atoms with Crippen molar-refractivity contribution in [2.24, 2.45) is 30.7 Å². The van der Waals surface area contributed by atoms with E-state index in [9.17, 15) is 66.5 Å². The van der Waals surface area contributed by atoms with Gasteiger partial charge in [-0.3, -0.25) is 9.11 Å². The molecule has 0 atom stereocenters. The number of aromatic hydroxyl groups is 4. The summed E-state index contributed by atoms with van der Waals surface area (Å²) in [6.07, 6.45) is 0. The van der Waals surface area contributed by atoms with Crippen LogP contribution in [-0.2, 0) is 29.6 Å². The maximum Gasteiger partial charge on any atom is 0.338 e. The molecule has 5 rings (SSSR count). The smallest absolute Gasteiger partial charge is 0.338 e. The highest BCUT2D eigenvalue weighted by atomic mass is 32.2. The number of phenolic OH excluding ortho intramolecular Hbond substituents is 2. The van der Waals surface area contributed by atoms with Gasteiger partial charge in [0.25, 0.3) is 20.2 Å². The zero-order valence-electron chi connectivity index (χ0n) is 30.0. The molecule has 29 heteroatoms. The largest absolute Gasteiger partial charge is 0.507 e. The Morgan fingerprint density at radius 3 is 1.90 bits per heavy atom. The summed E-state index contributed by atoms with van der Waals surface area (Å²) in [5.41, 5.74) is -3.16. The molecule has 1 aromatic heterocycles. The number of carbonyl (C=O) groups is 1. The Balaban J connectivity index is 1.60.